The minimum Gasteiger partial charge on any atom is -0.322 e. The molecule has 0 fully saturated rings. The number of aromatic nitrogens is 1. The zero-order valence-electron chi connectivity index (χ0n) is 22.5. The van der Waals surface area contributed by atoms with Gasteiger partial charge in [0.05, 0.1) is 16.7 Å². The molecule has 0 radical (unpaired) electrons. The summed E-state index contributed by atoms with van der Waals surface area (Å²) in [6.07, 6.45) is 5.56. The first-order chi connectivity index (χ1) is 18.6. The number of hydrazone groups is 1. The topological polar surface area (TPSA) is 92.6 Å². The summed E-state index contributed by atoms with van der Waals surface area (Å²) >= 11 is 1.67. The Balaban J connectivity index is 1.47. The second-order valence-corrected chi connectivity index (χ2v) is 12.8. The number of nitrogens with zero attached hydrogens (tertiary/aromatic N) is 2. The first kappa shape index (κ1) is 26.9. The molecule has 9 heteroatoms. The third kappa shape index (κ3) is 5.55. The van der Waals surface area contributed by atoms with E-state index in [0.717, 1.165) is 75.6 Å². The Kier molecular flexibility index (Phi) is 7.46. The smallest absolute Gasteiger partial charge is 0.276 e. The molecule has 1 aliphatic carbocycles. The molecule has 0 bridgehead atoms. The standard InChI is InChI=1S/C30H32N4O3S2/c1-19-9-13-24(14-10-19)32-29(35)28-26-7-5-6-8-27(26)38-30(28)34-21(3)17-23(22(34)4)18-31-33-39(36,37)25-15-11-20(2)12-16-25/h9-18,33H,5-8H2,1-4H3,(H,32,35)/b31-18-. The van der Waals surface area contributed by atoms with Crippen LogP contribution in [0.15, 0.2) is 64.6 Å². The molecular weight excluding hydrogens is 528 g/mol. The van der Waals surface area contributed by atoms with Crippen LogP contribution in [0.2, 0.25) is 0 Å². The van der Waals surface area contributed by atoms with Crippen molar-refractivity contribution < 1.29 is 13.2 Å². The van der Waals surface area contributed by atoms with E-state index >= 15 is 0 Å². The van der Waals surface area contributed by atoms with Crippen LogP contribution < -0.4 is 10.1 Å². The van der Waals surface area contributed by atoms with Crippen molar-refractivity contribution in [2.75, 3.05) is 5.32 Å². The Morgan fingerprint density at radius 2 is 1.59 bits per heavy atom. The zero-order valence-corrected chi connectivity index (χ0v) is 24.2. The summed E-state index contributed by atoms with van der Waals surface area (Å²) in [5.74, 6) is -0.109. The Morgan fingerprint density at radius 1 is 0.949 bits per heavy atom. The van der Waals surface area contributed by atoms with Crippen molar-refractivity contribution in [2.24, 2.45) is 5.10 Å². The highest BCUT2D eigenvalue weighted by Crippen LogP contribution is 2.39. The van der Waals surface area contributed by atoms with E-state index < -0.39 is 10.0 Å². The highest BCUT2D eigenvalue weighted by Gasteiger charge is 2.28. The van der Waals surface area contributed by atoms with E-state index in [1.807, 2.05) is 58.0 Å². The van der Waals surface area contributed by atoms with Gasteiger partial charge in [0, 0.05) is 27.5 Å². The Hall–Kier alpha value is -3.69. The summed E-state index contributed by atoms with van der Waals surface area (Å²) in [5, 5.41) is 8.04. The zero-order chi connectivity index (χ0) is 27.7. The van der Waals surface area contributed by atoms with Gasteiger partial charge in [-0.15, -0.1) is 11.3 Å². The Bertz CT molecular complexity index is 1660. The number of nitrogens with one attached hydrogen (secondary N) is 2. The monoisotopic (exact) mass is 560 g/mol. The van der Waals surface area contributed by atoms with Crippen LogP contribution in [0.1, 0.15) is 61.7 Å². The van der Waals surface area contributed by atoms with Gasteiger partial charge in [-0.3, -0.25) is 4.79 Å². The molecule has 0 saturated heterocycles. The quantitative estimate of drug-likeness (QED) is 0.208. The fourth-order valence-electron chi connectivity index (χ4n) is 4.94. The van der Waals surface area contributed by atoms with Gasteiger partial charge in [0.15, 0.2) is 0 Å². The average molecular weight is 561 g/mol. The Morgan fingerprint density at radius 3 is 2.28 bits per heavy atom. The lowest BCUT2D eigenvalue weighted by molar-refractivity contribution is 0.102. The molecule has 4 aromatic rings. The molecule has 1 aliphatic rings. The van der Waals surface area contributed by atoms with Gasteiger partial charge >= 0.3 is 0 Å². The first-order valence-electron chi connectivity index (χ1n) is 13.0. The lowest BCUT2D eigenvalue weighted by Crippen LogP contribution is -2.18. The molecule has 0 aliphatic heterocycles. The van der Waals surface area contributed by atoms with Crippen LogP contribution in [0.4, 0.5) is 5.69 Å². The first-order valence-corrected chi connectivity index (χ1v) is 15.3. The predicted octanol–water partition coefficient (Wildman–Crippen LogP) is 6.22. The Labute approximate surface area is 233 Å². The van der Waals surface area contributed by atoms with E-state index in [-0.39, 0.29) is 10.8 Å². The van der Waals surface area contributed by atoms with Crippen LogP contribution >= 0.6 is 11.3 Å². The van der Waals surface area contributed by atoms with Crippen molar-refractivity contribution >= 4 is 39.2 Å². The van der Waals surface area contributed by atoms with Crippen LogP contribution in [-0.2, 0) is 22.9 Å². The highest BCUT2D eigenvalue weighted by atomic mass is 32.2. The third-order valence-electron chi connectivity index (χ3n) is 7.07. The van der Waals surface area contributed by atoms with E-state index in [1.54, 1.807) is 35.6 Å². The van der Waals surface area contributed by atoms with Gasteiger partial charge in [-0.25, -0.2) is 4.83 Å². The van der Waals surface area contributed by atoms with E-state index in [1.165, 1.54) is 11.1 Å². The largest absolute Gasteiger partial charge is 0.322 e. The summed E-state index contributed by atoms with van der Waals surface area (Å²) in [6, 6.07) is 16.4. The summed E-state index contributed by atoms with van der Waals surface area (Å²) in [6.45, 7) is 7.87. The summed E-state index contributed by atoms with van der Waals surface area (Å²) in [5.41, 5.74) is 7.34. The van der Waals surface area contributed by atoms with Crippen LogP contribution in [-0.4, -0.2) is 25.1 Å². The maximum Gasteiger partial charge on any atom is 0.276 e. The lowest BCUT2D eigenvalue weighted by atomic mass is 9.95. The highest BCUT2D eigenvalue weighted by molar-refractivity contribution is 7.89. The molecule has 0 unspecified atom stereocenters. The van der Waals surface area contributed by atoms with Crippen molar-refractivity contribution in [3.05, 3.63) is 98.7 Å². The maximum absolute atomic E-state index is 13.7. The number of hydrogen-bond donors (Lipinski definition) is 2. The number of rotatable bonds is 7. The van der Waals surface area contributed by atoms with Gasteiger partial charge in [-0.2, -0.15) is 13.5 Å². The van der Waals surface area contributed by atoms with Crippen LogP contribution in [0.3, 0.4) is 0 Å². The number of anilines is 1. The second kappa shape index (κ2) is 10.8. The van der Waals surface area contributed by atoms with Crippen molar-refractivity contribution in [3.63, 3.8) is 0 Å². The van der Waals surface area contributed by atoms with Gasteiger partial charge in [-0.1, -0.05) is 35.4 Å². The number of fused-ring (bicyclic) bond motifs is 1. The molecule has 2 aromatic carbocycles. The SMILES string of the molecule is Cc1ccc(NC(=O)c2c(-n3c(C)cc(/C=N\NS(=O)(=O)c4ccc(C)cc4)c3C)sc3c2CCCC3)cc1. The van der Waals surface area contributed by atoms with E-state index in [2.05, 4.69) is 19.8 Å². The molecule has 39 heavy (non-hydrogen) atoms. The van der Waals surface area contributed by atoms with Crippen molar-refractivity contribution in [1.82, 2.24) is 9.40 Å². The van der Waals surface area contributed by atoms with Gasteiger partial charge in [0.2, 0.25) is 0 Å². The van der Waals surface area contributed by atoms with Crippen LogP contribution in [0, 0.1) is 27.7 Å². The van der Waals surface area contributed by atoms with E-state index in [4.69, 9.17) is 0 Å². The molecule has 202 valence electrons. The summed E-state index contributed by atoms with van der Waals surface area (Å²) in [4.78, 5) is 17.4. The van der Waals surface area contributed by atoms with Gasteiger partial charge in [-0.05, 0) is 89.3 Å². The molecule has 0 atom stereocenters. The number of carbonyl (C=O) groups excluding carboxylic acids is 1. The number of thiophene rings is 1. The summed E-state index contributed by atoms with van der Waals surface area (Å²) < 4.78 is 27.4. The number of hydrogen-bond acceptors (Lipinski definition) is 5. The maximum atomic E-state index is 13.7. The van der Waals surface area contributed by atoms with E-state index in [9.17, 15) is 13.2 Å². The predicted molar refractivity (Wildman–Crippen MR) is 158 cm³/mol. The minimum atomic E-state index is -3.77. The van der Waals surface area contributed by atoms with Gasteiger partial charge in [0.1, 0.15) is 5.00 Å². The number of sulfonamides is 1. The summed E-state index contributed by atoms with van der Waals surface area (Å²) in [7, 11) is -3.77. The molecule has 2 heterocycles. The molecule has 2 aromatic heterocycles. The van der Waals surface area contributed by atoms with Crippen molar-refractivity contribution in [2.45, 2.75) is 58.3 Å². The molecular formula is C30H32N4O3S2. The molecule has 0 saturated carbocycles. The van der Waals surface area contributed by atoms with Crippen LogP contribution in [0.5, 0.6) is 0 Å². The van der Waals surface area contributed by atoms with Crippen LogP contribution in [0.25, 0.3) is 5.00 Å². The molecule has 5 rings (SSSR count). The average Bonchev–Trinajstić information content (AvgIpc) is 3.41. The number of aryl methyl sites for hydroxylation is 4. The number of carbonyl (C=O) groups is 1. The molecule has 1 amide bonds. The lowest BCUT2D eigenvalue weighted by Gasteiger charge is -2.14. The number of amides is 1. The van der Waals surface area contributed by atoms with Gasteiger partial charge in [0.25, 0.3) is 15.9 Å². The third-order valence-corrected chi connectivity index (χ3v) is 9.59. The van der Waals surface area contributed by atoms with E-state index in [0.29, 0.717) is 0 Å². The van der Waals surface area contributed by atoms with Gasteiger partial charge < -0.3 is 9.88 Å². The van der Waals surface area contributed by atoms with Crippen molar-refractivity contribution in [3.8, 4) is 5.00 Å². The minimum absolute atomic E-state index is 0.109. The molecule has 2 N–H and O–H groups in total. The number of benzene rings is 2. The fourth-order valence-corrected chi connectivity index (χ4v) is 7.23. The van der Waals surface area contributed by atoms with Crippen molar-refractivity contribution in [1.29, 1.82) is 0 Å². The molecule has 0 spiro atoms. The molecule has 7 nitrogen and oxygen atoms in total. The fraction of sp³-hybridized carbons (Fsp3) is 0.267. The second-order valence-electron chi connectivity index (χ2n) is 10.0. The normalized spacial score (nSPS) is 13.4.